The second kappa shape index (κ2) is 20.4. The van der Waals surface area contributed by atoms with Gasteiger partial charge in [-0.1, -0.05) is 24.0 Å². The summed E-state index contributed by atoms with van der Waals surface area (Å²) in [5.74, 6) is 3.51. The van der Waals surface area contributed by atoms with Crippen LogP contribution in [-0.4, -0.2) is 125 Å². The molecule has 0 saturated carbocycles. The number of aliphatic hydroxyl groups is 1. The summed E-state index contributed by atoms with van der Waals surface area (Å²) in [6.45, 7) is -1.12. The molecule has 4 aromatic rings. The number of carbonyl (C=O) groups is 3. The maximum Gasteiger partial charge on any atom is 0.407 e. The number of fused-ring (bicyclic) bond motifs is 2. The minimum absolute atomic E-state index is 0.0111. The van der Waals surface area contributed by atoms with Gasteiger partial charge in [0.15, 0.2) is 0 Å². The number of nitrogens with zero attached hydrogens (tertiary/aromatic N) is 6. The molecule has 5 atom stereocenters. The first-order valence-corrected chi connectivity index (χ1v) is 20.9. The summed E-state index contributed by atoms with van der Waals surface area (Å²) in [6, 6.07) is 8.87. The highest BCUT2D eigenvalue weighted by Crippen LogP contribution is 2.41. The molecule has 4 amide bonds. The van der Waals surface area contributed by atoms with Crippen molar-refractivity contribution in [3.05, 3.63) is 101 Å². The average Bonchev–Trinajstić information content (AvgIpc) is 3.87. The minimum atomic E-state index is -4.99. The highest BCUT2D eigenvalue weighted by atomic mass is 19.4. The Hall–Kier alpha value is -6.40. The Morgan fingerprint density at radius 1 is 0.924 bits per heavy atom. The number of aromatic nitrogens is 3. The molecule has 0 spiro atoms. The first kappa shape index (κ1) is 49.0. The average molecular weight is 930 g/mol. The molecule has 4 N–H and O–H groups in total. The van der Waals surface area contributed by atoms with Crippen molar-refractivity contribution < 1.29 is 55.0 Å². The Labute approximate surface area is 376 Å². The Balaban J connectivity index is 1.14. The quantitative estimate of drug-likeness (QED) is 0.0902. The van der Waals surface area contributed by atoms with Crippen LogP contribution in [0.4, 0.5) is 46.1 Å². The van der Waals surface area contributed by atoms with Crippen LogP contribution in [-0.2, 0) is 22.5 Å². The number of halogens is 7. The molecular formula is C45H50F7N9O5. The van der Waals surface area contributed by atoms with Crippen LogP contribution >= 0.6 is 0 Å². The summed E-state index contributed by atoms with van der Waals surface area (Å²) >= 11 is 0. The number of piperazine rings is 1. The van der Waals surface area contributed by atoms with Gasteiger partial charge < -0.3 is 40.5 Å². The third-order valence-corrected chi connectivity index (χ3v) is 11.8. The number of alkyl halides is 5. The normalized spacial score (nSPS) is 17.4. The number of ether oxygens (including phenoxy) is 1. The zero-order chi connectivity index (χ0) is 48.1. The summed E-state index contributed by atoms with van der Waals surface area (Å²) in [4.78, 5) is 48.9. The zero-order valence-electron chi connectivity index (χ0n) is 36.7. The minimum Gasteiger partial charge on any atom is -0.453 e. The maximum absolute atomic E-state index is 15.1. The lowest BCUT2D eigenvalue weighted by molar-refractivity contribution is -0.220. The first-order valence-electron chi connectivity index (χ1n) is 20.9. The molecule has 66 heavy (non-hydrogen) atoms. The monoisotopic (exact) mass is 929 g/mol. The molecule has 2 aromatic carbocycles. The predicted octanol–water partition coefficient (Wildman–Crippen LogP) is 5.84. The number of benzene rings is 2. The van der Waals surface area contributed by atoms with E-state index in [2.05, 4.69) is 42.2 Å². The molecule has 14 nitrogen and oxygen atoms in total. The number of pyridine rings is 1. The van der Waals surface area contributed by atoms with Gasteiger partial charge in [-0.05, 0) is 80.6 Å². The molecular weight excluding hydrogens is 880 g/mol. The van der Waals surface area contributed by atoms with Gasteiger partial charge in [0, 0.05) is 74.9 Å². The number of carbonyl (C=O) groups excluding carboxylic acids is 3. The van der Waals surface area contributed by atoms with Crippen molar-refractivity contribution in [2.75, 3.05) is 45.7 Å². The van der Waals surface area contributed by atoms with E-state index in [1.54, 1.807) is 49.5 Å². The van der Waals surface area contributed by atoms with E-state index in [9.17, 15) is 41.4 Å². The van der Waals surface area contributed by atoms with Crippen molar-refractivity contribution >= 4 is 23.8 Å². The number of hydrogen-bond donors (Lipinski definition) is 4. The maximum atomic E-state index is 15.1. The van der Waals surface area contributed by atoms with Gasteiger partial charge >= 0.3 is 24.9 Å². The van der Waals surface area contributed by atoms with Gasteiger partial charge in [0.1, 0.15) is 23.5 Å². The molecule has 2 aliphatic rings. The van der Waals surface area contributed by atoms with E-state index in [0.29, 0.717) is 48.3 Å². The van der Waals surface area contributed by atoms with Crippen molar-refractivity contribution in [2.45, 2.75) is 82.7 Å². The number of methoxy groups -OCH3 is 1. The predicted molar refractivity (Wildman–Crippen MR) is 228 cm³/mol. The molecule has 2 aliphatic heterocycles. The fourth-order valence-electron chi connectivity index (χ4n) is 7.89. The molecule has 2 unspecified atom stereocenters. The van der Waals surface area contributed by atoms with Crippen LogP contribution in [0.2, 0.25) is 0 Å². The number of anilines is 1. The number of amides is 4. The third kappa shape index (κ3) is 11.3. The van der Waals surface area contributed by atoms with E-state index in [4.69, 9.17) is 0 Å². The molecule has 0 aliphatic carbocycles. The number of rotatable bonds is 14. The van der Waals surface area contributed by atoms with Crippen LogP contribution in [0.1, 0.15) is 55.5 Å². The van der Waals surface area contributed by atoms with E-state index in [-0.39, 0.29) is 35.7 Å². The van der Waals surface area contributed by atoms with E-state index in [1.807, 2.05) is 22.3 Å². The standard InChI is InChI=1S/C45H50F7N9O5/c1-44(2,45(50,51)52)39(57-42(64)66-5)40(63)56-36(37(62)22-53-21-33-34(46)17-29(18-35(33)47)30-20-55-60(23-30)41(48)49)16-27-9-6-26(7-10-27)8-11-28-12-15-38(54-19-28)59-24-31-13-14-32(25-59)61(31)43(65)58(3)4/h6-7,9-10,12,15,17-20,23,31-32,36-37,39,41,53,62H,13-14,16,21-22,24-25H2,1-5H3,(H,56,63)(H,57,64)/t31?,32?,36-,37-,39+/m0/s1. The van der Waals surface area contributed by atoms with Crippen molar-refractivity contribution in [3.8, 4) is 23.0 Å². The van der Waals surface area contributed by atoms with E-state index >= 15 is 8.78 Å². The summed E-state index contributed by atoms with van der Waals surface area (Å²) in [5, 5.41) is 21.9. The van der Waals surface area contributed by atoms with Crippen molar-refractivity contribution in [1.29, 1.82) is 0 Å². The number of nitrogens with one attached hydrogen (secondary N) is 3. The number of hydrogen-bond acceptors (Lipinski definition) is 9. The molecule has 6 rings (SSSR count). The van der Waals surface area contributed by atoms with E-state index in [1.165, 1.54) is 0 Å². The third-order valence-electron chi connectivity index (χ3n) is 11.8. The Bertz CT molecular complexity index is 2380. The van der Waals surface area contributed by atoms with Crippen LogP contribution in [0, 0.1) is 28.9 Å². The lowest BCUT2D eigenvalue weighted by atomic mass is 9.82. The Morgan fingerprint density at radius 3 is 2.09 bits per heavy atom. The summed E-state index contributed by atoms with van der Waals surface area (Å²) in [5.41, 5.74) is -1.59. The van der Waals surface area contributed by atoms with Gasteiger partial charge in [-0.15, -0.1) is 0 Å². The Kier molecular flexibility index (Phi) is 15.2. The SMILES string of the molecule is COC(=O)N[C@H](C(=O)N[C@@H](Cc1ccc(C#Cc2ccc(N3CC4CCC(C3)N4C(=O)N(C)C)nc2)cc1)[C@@H](O)CNCc1c(F)cc(-c2cnn(C(F)F)c2)cc1F)C(C)(C)C(F)(F)F. The molecule has 4 heterocycles. The van der Waals surface area contributed by atoms with Gasteiger partial charge in [-0.25, -0.2) is 28.0 Å². The summed E-state index contributed by atoms with van der Waals surface area (Å²) < 4.78 is 104. The van der Waals surface area contributed by atoms with Gasteiger partial charge in [-0.3, -0.25) is 4.79 Å². The van der Waals surface area contributed by atoms with Crippen molar-refractivity contribution in [2.24, 2.45) is 5.41 Å². The second-order valence-corrected chi connectivity index (χ2v) is 16.9. The van der Waals surface area contributed by atoms with E-state index in [0.717, 1.165) is 50.3 Å². The van der Waals surface area contributed by atoms with Crippen LogP contribution < -0.4 is 20.9 Å². The number of aliphatic hydroxyl groups excluding tert-OH is 1. The first-order chi connectivity index (χ1) is 31.2. The fraction of sp³-hybridized carbons (Fsp3) is 0.444. The smallest absolute Gasteiger partial charge is 0.407 e. The van der Waals surface area contributed by atoms with Crippen LogP contribution in [0.25, 0.3) is 11.1 Å². The summed E-state index contributed by atoms with van der Waals surface area (Å²) in [7, 11) is 4.41. The van der Waals surface area contributed by atoms with Crippen molar-refractivity contribution in [1.82, 2.24) is 40.5 Å². The Morgan fingerprint density at radius 2 is 1.55 bits per heavy atom. The second-order valence-electron chi connectivity index (χ2n) is 16.9. The van der Waals surface area contributed by atoms with Crippen LogP contribution in [0.3, 0.4) is 0 Å². The van der Waals surface area contributed by atoms with Gasteiger partial charge in [0.05, 0.1) is 43.0 Å². The zero-order valence-corrected chi connectivity index (χ0v) is 36.7. The van der Waals surface area contributed by atoms with Gasteiger partial charge in [0.25, 0.3) is 0 Å². The number of urea groups is 1. The lowest BCUT2D eigenvalue weighted by Crippen LogP contribution is -2.62. The van der Waals surface area contributed by atoms with Crippen LogP contribution in [0.5, 0.6) is 0 Å². The fourth-order valence-corrected chi connectivity index (χ4v) is 7.89. The highest BCUT2D eigenvalue weighted by Gasteiger charge is 2.56. The van der Waals surface area contributed by atoms with Gasteiger partial charge in [0.2, 0.25) is 5.91 Å². The van der Waals surface area contributed by atoms with E-state index < -0.39 is 78.6 Å². The lowest BCUT2D eigenvalue weighted by Gasteiger charge is -2.42. The molecule has 2 aromatic heterocycles. The molecule has 2 saturated heterocycles. The molecule has 0 radical (unpaired) electrons. The van der Waals surface area contributed by atoms with Gasteiger partial charge in [-0.2, -0.15) is 27.1 Å². The molecule has 2 fully saturated rings. The molecule has 2 bridgehead atoms. The number of alkyl carbamates (subject to hydrolysis) is 1. The molecule has 21 heteroatoms. The van der Waals surface area contributed by atoms with Crippen LogP contribution in [0.15, 0.2) is 67.1 Å². The molecule has 354 valence electrons. The van der Waals surface area contributed by atoms with Crippen molar-refractivity contribution in [3.63, 3.8) is 0 Å². The largest absolute Gasteiger partial charge is 0.453 e. The topological polar surface area (TPSA) is 157 Å². The highest BCUT2D eigenvalue weighted by molar-refractivity contribution is 5.87. The summed E-state index contributed by atoms with van der Waals surface area (Å²) in [6.07, 6.45) is -2.58.